The molecule has 3 nitrogen and oxygen atoms in total. The van der Waals surface area contributed by atoms with Crippen LogP contribution in [0.25, 0.3) is 0 Å². The van der Waals surface area contributed by atoms with Gasteiger partial charge in [-0.1, -0.05) is 13.0 Å². The zero-order valence-corrected chi connectivity index (χ0v) is 8.65. The summed E-state index contributed by atoms with van der Waals surface area (Å²) >= 11 is 0. The smallest absolute Gasteiger partial charge is 0.328 e. The van der Waals surface area contributed by atoms with E-state index in [0.717, 1.165) is 18.3 Å². The minimum atomic E-state index is -1.12. The largest absolute Gasteiger partial charge is 0.480 e. The number of carbonyl (C=O) groups is 1. The highest BCUT2D eigenvalue weighted by molar-refractivity contribution is 5.83. The second-order valence-corrected chi connectivity index (χ2v) is 3.18. The predicted molar refractivity (Wildman–Crippen MR) is 55.7 cm³/mol. The van der Waals surface area contributed by atoms with E-state index < -0.39 is 23.6 Å². The standard InChI is InChI=1S/C11H11F2NO2/c1-2-10(11(15)16)14-6-7-8(12)4-3-5-9(7)13/h3-6,10H,2H2,1H3,(H,15,16). The predicted octanol–water partition coefficient (Wildman–Crippen LogP) is 2.25. The van der Waals surface area contributed by atoms with Crippen molar-refractivity contribution in [2.75, 3.05) is 0 Å². The van der Waals surface area contributed by atoms with Crippen LogP contribution in [-0.4, -0.2) is 23.3 Å². The number of hydrogen-bond acceptors (Lipinski definition) is 2. The molecule has 0 bridgehead atoms. The summed E-state index contributed by atoms with van der Waals surface area (Å²) in [4.78, 5) is 14.2. The van der Waals surface area contributed by atoms with E-state index in [1.807, 2.05) is 0 Å². The fourth-order valence-electron chi connectivity index (χ4n) is 1.14. The zero-order valence-electron chi connectivity index (χ0n) is 8.65. The van der Waals surface area contributed by atoms with Crippen molar-refractivity contribution in [1.82, 2.24) is 0 Å². The lowest BCUT2D eigenvalue weighted by Gasteiger charge is -2.03. The third-order valence-corrected chi connectivity index (χ3v) is 2.06. The summed E-state index contributed by atoms with van der Waals surface area (Å²) in [6, 6.07) is 2.44. The number of hydrogen-bond donors (Lipinski definition) is 1. The maximum atomic E-state index is 13.1. The van der Waals surface area contributed by atoms with Crippen molar-refractivity contribution in [2.24, 2.45) is 4.99 Å². The Hall–Kier alpha value is -1.78. The number of halogens is 2. The number of aliphatic imine (C=N–C) groups is 1. The highest BCUT2D eigenvalue weighted by atomic mass is 19.1. The normalized spacial score (nSPS) is 12.9. The van der Waals surface area contributed by atoms with Crippen molar-refractivity contribution in [3.05, 3.63) is 35.4 Å². The van der Waals surface area contributed by atoms with Gasteiger partial charge in [0.25, 0.3) is 0 Å². The van der Waals surface area contributed by atoms with Crippen LogP contribution in [0.15, 0.2) is 23.2 Å². The molecule has 86 valence electrons. The minimum Gasteiger partial charge on any atom is -0.480 e. The fraction of sp³-hybridized carbons (Fsp3) is 0.273. The van der Waals surface area contributed by atoms with Crippen LogP contribution in [0.5, 0.6) is 0 Å². The van der Waals surface area contributed by atoms with Crippen LogP contribution >= 0.6 is 0 Å². The molecular weight excluding hydrogens is 216 g/mol. The molecule has 5 heteroatoms. The SMILES string of the molecule is CCC(N=Cc1c(F)cccc1F)C(=O)O. The Morgan fingerprint density at radius 3 is 2.50 bits per heavy atom. The zero-order chi connectivity index (χ0) is 12.1. The number of carboxylic acids is 1. The first kappa shape index (κ1) is 12.3. The molecule has 0 spiro atoms. The third-order valence-electron chi connectivity index (χ3n) is 2.06. The summed E-state index contributed by atoms with van der Waals surface area (Å²) in [5.74, 6) is -2.64. The molecule has 1 rings (SSSR count). The lowest BCUT2D eigenvalue weighted by atomic mass is 10.2. The Balaban J connectivity index is 2.95. The van der Waals surface area contributed by atoms with Gasteiger partial charge in [0.15, 0.2) is 0 Å². The fourth-order valence-corrected chi connectivity index (χ4v) is 1.14. The number of nitrogens with zero attached hydrogens (tertiary/aromatic N) is 1. The molecule has 0 aromatic heterocycles. The Labute approximate surface area is 91.4 Å². The molecule has 0 saturated carbocycles. The van der Waals surface area contributed by atoms with Crippen molar-refractivity contribution in [2.45, 2.75) is 19.4 Å². The topological polar surface area (TPSA) is 49.7 Å². The summed E-state index contributed by atoms with van der Waals surface area (Å²) < 4.78 is 26.3. The molecule has 1 unspecified atom stereocenters. The van der Waals surface area contributed by atoms with Crippen LogP contribution in [-0.2, 0) is 4.79 Å². The highest BCUT2D eigenvalue weighted by Crippen LogP contribution is 2.10. The van der Waals surface area contributed by atoms with Gasteiger partial charge in [-0.2, -0.15) is 0 Å². The van der Waals surface area contributed by atoms with Gasteiger partial charge in [0.1, 0.15) is 17.7 Å². The maximum Gasteiger partial charge on any atom is 0.328 e. The summed E-state index contributed by atoms with van der Waals surface area (Å²) in [7, 11) is 0. The van der Waals surface area contributed by atoms with Crippen molar-refractivity contribution >= 4 is 12.2 Å². The van der Waals surface area contributed by atoms with Gasteiger partial charge in [0.05, 0.1) is 5.56 Å². The number of aliphatic carboxylic acids is 1. The maximum absolute atomic E-state index is 13.1. The highest BCUT2D eigenvalue weighted by Gasteiger charge is 2.13. The van der Waals surface area contributed by atoms with Gasteiger partial charge in [-0.25, -0.2) is 13.6 Å². The van der Waals surface area contributed by atoms with Crippen molar-refractivity contribution < 1.29 is 18.7 Å². The third kappa shape index (κ3) is 2.85. The van der Waals surface area contributed by atoms with E-state index in [1.54, 1.807) is 6.92 Å². The molecule has 1 aromatic carbocycles. The molecule has 16 heavy (non-hydrogen) atoms. The molecule has 1 aromatic rings. The van der Waals surface area contributed by atoms with E-state index in [1.165, 1.54) is 6.07 Å². The van der Waals surface area contributed by atoms with Gasteiger partial charge in [0, 0.05) is 6.21 Å². The molecule has 0 heterocycles. The van der Waals surface area contributed by atoms with Crippen LogP contribution < -0.4 is 0 Å². The first-order valence-corrected chi connectivity index (χ1v) is 4.76. The Bertz CT molecular complexity index is 398. The van der Waals surface area contributed by atoms with E-state index >= 15 is 0 Å². The van der Waals surface area contributed by atoms with Crippen molar-refractivity contribution in [3.63, 3.8) is 0 Å². The molecular formula is C11H11F2NO2. The van der Waals surface area contributed by atoms with Gasteiger partial charge in [-0.15, -0.1) is 0 Å². The monoisotopic (exact) mass is 227 g/mol. The molecule has 0 aliphatic carbocycles. The molecule has 0 fully saturated rings. The number of carboxylic acid groups (broad SMARTS) is 1. The first-order chi connectivity index (χ1) is 7.56. The van der Waals surface area contributed by atoms with E-state index in [4.69, 9.17) is 5.11 Å². The van der Waals surface area contributed by atoms with Gasteiger partial charge in [-0.05, 0) is 18.6 Å². The number of rotatable bonds is 4. The minimum absolute atomic E-state index is 0.266. The van der Waals surface area contributed by atoms with Crippen LogP contribution in [0.1, 0.15) is 18.9 Å². The van der Waals surface area contributed by atoms with Gasteiger partial charge in [-0.3, -0.25) is 4.99 Å². The van der Waals surface area contributed by atoms with Gasteiger partial charge >= 0.3 is 5.97 Å². The molecule has 1 N–H and O–H groups in total. The van der Waals surface area contributed by atoms with Crippen molar-refractivity contribution in [3.8, 4) is 0 Å². The summed E-state index contributed by atoms with van der Waals surface area (Å²) in [6.45, 7) is 1.63. The van der Waals surface area contributed by atoms with Crippen LogP contribution in [0.4, 0.5) is 8.78 Å². The lowest BCUT2D eigenvalue weighted by Crippen LogP contribution is -2.16. The average molecular weight is 227 g/mol. The summed E-state index contributed by atoms with van der Waals surface area (Å²) in [5.41, 5.74) is -0.317. The molecule has 1 atom stereocenters. The molecule has 0 radical (unpaired) electrons. The Morgan fingerprint density at radius 2 is 2.06 bits per heavy atom. The second-order valence-electron chi connectivity index (χ2n) is 3.18. The van der Waals surface area contributed by atoms with E-state index in [9.17, 15) is 13.6 Å². The number of benzene rings is 1. The van der Waals surface area contributed by atoms with Gasteiger partial charge in [0.2, 0.25) is 0 Å². The van der Waals surface area contributed by atoms with E-state index in [0.29, 0.717) is 0 Å². The quantitative estimate of drug-likeness (QED) is 0.802. The van der Waals surface area contributed by atoms with E-state index in [-0.39, 0.29) is 12.0 Å². The Kier molecular flexibility index (Phi) is 4.10. The molecule has 0 aliphatic rings. The molecule has 0 aliphatic heterocycles. The average Bonchev–Trinajstić information content (AvgIpc) is 2.22. The van der Waals surface area contributed by atoms with Crippen LogP contribution in [0.2, 0.25) is 0 Å². The summed E-state index contributed by atoms with van der Waals surface area (Å²) in [5, 5.41) is 8.69. The van der Waals surface area contributed by atoms with Crippen LogP contribution in [0.3, 0.4) is 0 Å². The van der Waals surface area contributed by atoms with Crippen LogP contribution in [0, 0.1) is 11.6 Å². The van der Waals surface area contributed by atoms with E-state index in [2.05, 4.69) is 4.99 Å². The first-order valence-electron chi connectivity index (χ1n) is 4.76. The molecule has 0 saturated heterocycles. The Morgan fingerprint density at radius 1 is 1.50 bits per heavy atom. The summed E-state index contributed by atoms with van der Waals surface area (Å²) in [6.07, 6.45) is 1.19. The van der Waals surface area contributed by atoms with Crippen molar-refractivity contribution in [1.29, 1.82) is 0 Å². The second kappa shape index (κ2) is 5.34. The lowest BCUT2D eigenvalue weighted by molar-refractivity contribution is -0.138. The van der Waals surface area contributed by atoms with Gasteiger partial charge < -0.3 is 5.11 Å². The molecule has 0 amide bonds.